The molecule has 0 fully saturated rings. The first-order chi connectivity index (χ1) is 5.65. The molecule has 0 amide bonds. The third-order valence-corrected chi connectivity index (χ3v) is 1.87. The first kappa shape index (κ1) is 9.31. The van der Waals surface area contributed by atoms with Crippen LogP contribution in [0.5, 0.6) is 0 Å². The van der Waals surface area contributed by atoms with Crippen LogP contribution in [0, 0.1) is 0 Å². The molecule has 0 saturated carbocycles. The Bertz CT molecular complexity index is 279. The molecule has 1 heterocycles. The molecule has 0 unspecified atom stereocenters. The van der Waals surface area contributed by atoms with E-state index in [2.05, 4.69) is 25.9 Å². The first-order valence-electron chi connectivity index (χ1n) is 3.10. The van der Waals surface area contributed by atoms with E-state index in [0.717, 1.165) is 0 Å². The molecule has 0 aliphatic carbocycles. The maximum absolute atomic E-state index is 12.2. The first-order valence-corrected chi connectivity index (χ1v) is 4.22. The highest BCUT2D eigenvalue weighted by atomic mass is 79.9. The fraction of sp³-hybridized carbons (Fsp3) is 0.333. The monoisotopic (exact) mass is 237 g/mol. The Balaban J connectivity index is 3.12. The zero-order valence-corrected chi connectivity index (χ0v) is 7.55. The van der Waals surface area contributed by atoms with Gasteiger partial charge in [-0.25, -0.2) is 18.7 Å². The average molecular weight is 238 g/mol. The summed E-state index contributed by atoms with van der Waals surface area (Å²) < 4.78 is 24.5. The molecule has 0 atom stereocenters. The Labute approximate surface area is 76.1 Å². The number of nitrogen functional groups attached to an aromatic ring is 1. The molecular formula is C6H6BrF2N3. The fourth-order valence-electron chi connectivity index (χ4n) is 0.726. The van der Waals surface area contributed by atoms with Gasteiger partial charge in [0.15, 0.2) is 0 Å². The van der Waals surface area contributed by atoms with E-state index in [1.807, 2.05) is 0 Å². The van der Waals surface area contributed by atoms with Gasteiger partial charge < -0.3 is 5.73 Å². The Morgan fingerprint density at radius 2 is 2.25 bits per heavy atom. The zero-order valence-electron chi connectivity index (χ0n) is 5.97. The van der Waals surface area contributed by atoms with Gasteiger partial charge in [0.05, 0.1) is 0 Å². The van der Waals surface area contributed by atoms with Gasteiger partial charge in [-0.1, -0.05) is 15.9 Å². The van der Waals surface area contributed by atoms with E-state index in [9.17, 15) is 8.78 Å². The van der Waals surface area contributed by atoms with Gasteiger partial charge in [0, 0.05) is 17.1 Å². The van der Waals surface area contributed by atoms with Crippen molar-refractivity contribution in [2.45, 2.75) is 11.8 Å². The minimum Gasteiger partial charge on any atom is -0.368 e. The highest BCUT2D eigenvalue weighted by molar-refractivity contribution is 9.08. The number of anilines is 1. The van der Waals surface area contributed by atoms with Gasteiger partial charge in [-0.15, -0.1) is 0 Å². The van der Waals surface area contributed by atoms with E-state index in [0.29, 0.717) is 10.9 Å². The lowest BCUT2D eigenvalue weighted by Gasteiger charge is -2.04. The summed E-state index contributed by atoms with van der Waals surface area (Å²) in [5.74, 6) is -0.130. The summed E-state index contributed by atoms with van der Waals surface area (Å²) in [6, 6.07) is 0. The van der Waals surface area contributed by atoms with Crippen LogP contribution >= 0.6 is 15.9 Å². The van der Waals surface area contributed by atoms with Gasteiger partial charge in [0.2, 0.25) is 5.95 Å². The smallest absolute Gasteiger partial charge is 0.280 e. The van der Waals surface area contributed by atoms with Crippen molar-refractivity contribution in [2.24, 2.45) is 0 Å². The van der Waals surface area contributed by atoms with Crippen molar-refractivity contribution in [1.82, 2.24) is 9.97 Å². The lowest BCUT2D eigenvalue weighted by Crippen LogP contribution is -2.02. The molecular weight excluding hydrogens is 232 g/mol. The topological polar surface area (TPSA) is 51.8 Å². The van der Waals surface area contributed by atoms with Gasteiger partial charge in [-0.05, 0) is 0 Å². The Morgan fingerprint density at radius 1 is 1.58 bits per heavy atom. The van der Waals surface area contributed by atoms with Crippen molar-refractivity contribution in [1.29, 1.82) is 0 Å². The van der Waals surface area contributed by atoms with E-state index >= 15 is 0 Å². The number of alkyl halides is 3. The normalized spacial score (nSPS) is 10.7. The van der Waals surface area contributed by atoms with E-state index in [1.54, 1.807) is 0 Å². The van der Waals surface area contributed by atoms with Gasteiger partial charge in [-0.2, -0.15) is 0 Å². The van der Waals surface area contributed by atoms with Gasteiger partial charge >= 0.3 is 0 Å². The second-order valence-electron chi connectivity index (χ2n) is 2.07. The van der Waals surface area contributed by atoms with Gasteiger partial charge in [0.1, 0.15) is 5.69 Å². The summed E-state index contributed by atoms with van der Waals surface area (Å²) in [5, 5.41) is 0.299. The highest BCUT2D eigenvalue weighted by Crippen LogP contribution is 2.22. The standard InChI is InChI=1S/C6H6BrF2N3/c7-1-3-2-11-6(10)12-4(3)5(8)9/h2,5H,1H2,(H2,10,11,12). The lowest BCUT2D eigenvalue weighted by atomic mass is 10.2. The Morgan fingerprint density at radius 3 is 2.75 bits per heavy atom. The van der Waals surface area contributed by atoms with Gasteiger partial charge in [-0.3, -0.25) is 0 Å². The van der Waals surface area contributed by atoms with Crippen molar-refractivity contribution in [3.8, 4) is 0 Å². The second kappa shape index (κ2) is 3.75. The largest absolute Gasteiger partial charge is 0.368 e. The second-order valence-corrected chi connectivity index (χ2v) is 2.63. The van der Waals surface area contributed by atoms with Gasteiger partial charge in [0.25, 0.3) is 6.43 Å². The quantitative estimate of drug-likeness (QED) is 0.800. The summed E-state index contributed by atoms with van der Waals surface area (Å²) >= 11 is 3.05. The summed E-state index contributed by atoms with van der Waals surface area (Å²) in [7, 11) is 0. The molecule has 3 nitrogen and oxygen atoms in total. The summed E-state index contributed by atoms with van der Waals surface area (Å²) in [6.07, 6.45) is -1.32. The number of aromatic nitrogens is 2. The Hall–Kier alpha value is -0.780. The van der Waals surface area contributed by atoms with Crippen molar-refractivity contribution in [3.63, 3.8) is 0 Å². The van der Waals surface area contributed by atoms with Crippen LogP contribution in [0.4, 0.5) is 14.7 Å². The lowest BCUT2D eigenvalue weighted by molar-refractivity contribution is 0.145. The van der Waals surface area contributed by atoms with E-state index in [4.69, 9.17) is 5.73 Å². The molecule has 6 heteroatoms. The van der Waals surface area contributed by atoms with Crippen LogP contribution < -0.4 is 5.73 Å². The molecule has 1 rings (SSSR count). The number of nitrogens with two attached hydrogens (primary N) is 1. The van der Waals surface area contributed by atoms with Crippen molar-refractivity contribution < 1.29 is 8.78 Å². The number of hydrogen-bond acceptors (Lipinski definition) is 3. The summed E-state index contributed by atoms with van der Waals surface area (Å²) in [6.45, 7) is 0. The van der Waals surface area contributed by atoms with Crippen LogP contribution in [0.3, 0.4) is 0 Å². The van der Waals surface area contributed by atoms with E-state index in [-0.39, 0.29) is 11.6 Å². The molecule has 2 N–H and O–H groups in total. The summed E-state index contributed by atoms with van der Waals surface area (Å²) in [5.41, 5.74) is 5.20. The molecule has 1 aromatic rings. The molecule has 1 aromatic heterocycles. The van der Waals surface area contributed by atoms with Crippen LogP contribution in [-0.4, -0.2) is 9.97 Å². The SMILES string of the molecule is Nc1ncc(CBr)c(C(F)F)n1. The molecule has 66 valence electrons. The average Bonchev–Trinajstić information content (AvgIpc) is 2.04. The molecule has 0 spiro atoms. The van der Waals surface area contributed by atoms with Crippen LogP contribution in [0.2, 0.25) is 0 Å². The predicted octanol–water partition coefficient (Wildman–Crippen LogP) is 1.89. The minimum absolute atomic E-state index is 0.130. The molecule has 0 saturated heterocycles. The molecule has 0 aromatic carbocycles. The molecule has 0 aliphatic heterocycles. The van der Waals surface area contributed by atoms with Crippen molar-refractivity contribution >= 4 is 21.9 Å². The number of halogens is 3. The summed E-state index contributed by atoms with van der Waals surface area (Å²) in [4.78, 5) is 7.03. The van der Waals surface area contributed by atoms with E-state index < -0.39 is 6.43 Å². The zero-order chi connectivity index (χ0) is 9.14. The van der Waals surface area contributed by atoms with Crippen LogP contribution in [0.15, 0.2) is 6.20 Å². The third-order valence-electron chi connectivity index (χ3n) is 1.27. The molecule has 12 heavy (non-hydrogen) atoms. The van der Waals surface area contributed by atoms with E-state index in [1.165, 1.54) is 6.20 Å². The maximum Gasteiger partial charge on any atom is 0.280 e. The minimum atomic E-state index is -2.61. The Kier molecular flexibility index (Phi) is 2.91. The van der Waals surface area contributed by atoms with Crippen molar-refractivity contribution in [3.05, 3.63) is 17.5 Å². The van der Waals surface area contributed by atoms with Crippen LogP contribution in [-0.2, 0) is 5.33 Å². The molecule has 0 radical (unpaired) electrons. The predicted molar refractivity (Wildman–Crippen MR) is 44.0 cm³/mol. The van der Waals surface area contributed by atoms with Crippen molar-refractivity contribution in [2.75, 3.05) is 5.73 Å². The highest BCUT2D eigenvalue weighted by Gasteiger charge is 2.14. The third kappa shape index (κ3) is 1.88. The number of nitrogens with zero attached hydrogens (tertiary/aromatic N) is 2. The maximum atomic E-state index is 12.2. The molecule has 0 bridgehead atoms. The molecule has 0 aliphatic rings. The number of rotatable bonds is 2. The van der Waals surface area contributed by atoms with Crippen LogP contribution in [0.1, 0.15) is 17.7 Å². The number of hydrogen-bond donors (Lipinski definition) is 1. The van der Waals surface area contributed by atoms with Crippen LogP contribution in [0.25, 0.3) is 0 Å². The fourth-order valence-corrected chi connectivity index (χ4v) is 1.16.